The van der Waals surface area contributed by atoms with Crippen LogP contribution < -0.4 is 10.1 Å². The first kappa shape index (κ1) is 21.6. The van der Waals surface area contributed by atoms with E-state index in [0.717, 1.165) is 0 Å². The fraction of sp³-hybridized carbons (Fsp3) is 0.182. The average molecular weight is 456 g/mol. The number of anilines is 2. The van der Waals surface area contributed by atoms with Gasteiger partial charge in [0.25, 0.3) is 0 Å². The largest absolute Gasteiger partial charge is 0.481 e. The predicted molar refractivity (Wildman–Crippen MR) is 117 cm³/mol. The van der Waals surface area contributed by atoms with Crippen molar-refractivity contribution in [3.8, 4) is 17.1 Å². The molecular weight excluding hydrogens is 438 g/mol. The molecule has 0 unspecified atom stereocenters. The number of hydrogen-bond acceptors (Lipinski definition) is 7. The van der Waals surface area contributed by atoms with Crippen LogP contribution >= 0.6 is 11.3 Å². The van der Waals surface area contributed by atoms with Crippen molar-refractivity contribution in [1.82, 2.24) is 15.0 Å². The lowest BCUT2D eigenvalue weighted by molar-refractivity contribution is -0.148. The summed E-state index contributed by atoms with van der Waals surface area (Å²) in [4.78, 5) is 23.6. The Morgan fingerprint density at radius 3 is 2.59 bits per heavy atom. The standard InChI is InChI=1S/C22H18F2N4O3S/c1-22(2,19(29)30)11-31-20-25-9-12(10-26-20)15-5-4-14(8-16(15)24)27-21-28-17-6-3-13(23)7-18(17)32-21/h3-10H,11H2,1-2H3,(H,27,28)(H,29,30). The molecule has 0 saturated heterocycles. The molecule has 0 aliphatic carbocycles. The Morgan fingerprint density at radius 2 is 1.91 bits per heavy atom. The number of benzene rings is 2. The second kappa shape index (κ2) is 8.46. The molecule has 7 nitrogen and oxygen atoms in total. The quantitative estimate of drug-likeness (QED) is 0.391. The van der Waals surface area contributed by atoms with Gasteiger partial charge in [-0.05, 0) is 50.2 Å². The summed E-state index contributed by atoms with van der Waals surface area (Å²) in [5, 5.41) is 12.7. The first-order chi connectivity index (χ1) is 15.2. The topological polar surface area (TPSA) is 97.2 Å². The van der Waals surface area contributed by atoms with Gasteiger partial charge in [0.05, 0.1) is 15.6 Å². The molecule has 0 fully saturated rings. The van der Waals surface area contributed by atoms with Crippen molar-refractivity contribution in [2.24, 2.45) is 5.41 Å². The predicted octanol–water partition coefficient (Wildman–Crippen LogP) is 5.26. The Bertz CT molecular complexity index is 1290. The van der Waals surface area contributed by atoms with Crippen LogP contribution in [0.4, 0.5) is 19.6 Å². The summed E-state index contributed by atoms with van der Waals surface area (Å²) in [6.07, 6.45) is 2.81. The number of carboxylic acid groups (broad SMARTS) is 1. The number of carboxylic acids is 1. The normalized spacial score (nSPS) is 11.5. The highest BCUT2D eigenvalue weighted by molar-refractivity contribution is 7.22. The van der Waals surface area contributed by atoms with E-state index in [2.05, 4.69) is 20.3 Å². The number of aromatic nitrogens is 3. The van der Waals surface area contributed by atoms with E-state index in [0.29, 0.717) is 32.2 Å². The van der Waals surface area contributed by atoms with Gasteiger partial charge in [-0.2, -0.15) is 0 Å². The number of fused-ring (bicyclic) bond motifs is 1. The zero-order chi connectivity index (χ0) is 22.9. The van der Waals surface area contributed by atoms with Gasteiger partial charge >= 0.3 is 12.0 Å². The zero-order valence-corrected chi connectivity index (χ0v) is 17.9. The minimum Gasteiger partial charge on any atom is -0.481 e. The van der Waals surface area contributed by atoms with E-state index in [-0.39, 0.29) is 18.4 Å². The number of nitrogens with one attached hydrogen (secondary N) is 1. The number of thiazole rings is 1. The van der Waals surface area contributed by atoms with Gasteiger partial charge in [0.15, 0.2) is 5.13 Å². The van der Waals surface area contributed by atoms with Crippen LogP contribution in [0, 0.1) is 17.0 Å². The summed E-state index contributed by atoms with van der Waals surface area (Å²) in [5.74, 6) is -1.83. The van der Waals surface area contributed by atoms with E-state index in [1.807, 2.05) is 0 Å². The van der Waals surface area contributed by atoms with Crippen LogP contribution in [0.1, 0.15) is 13.8 Å². The molecule has 4 aromatic rings. The van der Waals surface area contributed by atoms with E-state index >= 15 is 0 Å². The minimum absolute atomic E-state index is 0.00837. The number of nitrogens with zero attached hydrogens (tertiary/aromatic N) is 3. The molecule has 10 heteroatoms. The van der Waals surface area contributed by atoms with Crippen LogP contribution in [0.2, 0.25) is 0 Å². The summed E-state index contributed by atoms with van der Waals surface area (Å²) in [5.41, 5.74) is 0.785. The van der Waals surface area contributed by atoms with Crippen LogP contribution in [0.25, 0.3) is 21.3 Å². The van der Waals surface area contributed by atoms with E-state index in [1.165, 1.54) is 55.8 Å². The molecule has 0 aliphatic rings. The molecule has 2 aromatic carbocycles. The molecule has 0 bridgehead atoms. The summed E-state index contributed by atoms with van der Waals surface area (Å²) in [6, 6.07) is 8.92. The summed E-state index contributed by atoms with van der Waals surface area (Å²) in [7, 11) is 0. The van der Waals surface area contributed by atoms with E-state index in [1.54, 1.807) is 18.2 Å². The smallest absolute Gasteiger partial charge is 0.316 e. The molecule has 2 N–H and O–H groups in total. The highest BCUT2D eigenvalue weighted by Crippen LogP contribution is 2.31. The van der Waals surface area contributed by atoms with Gasteiger partial charge in [0, 0.05) is 29.2 Å². The SMILES string of the molecule is CC(C)(COc1ncc(-c2ccc(Nc3nc4ccc(F)cc4s3)cc2F)cn1)C(=O)O. The molecule has 0 amide bonds. The molecule has 0 radical (unpaired) electrons. The maximum absolute atomic E-state index is 14.7. The molecule has 164 valence electrons. The van der Waals surface area contributed by atoms with Gasteiger partial charge in [-0.15, -0.1) is 0 Å². The third-order valence-corrected chi connectivity index (χ3v) is 5.58. The number of carbonyl (C=O) groups is 1. The summed E-state index contributed by atoms with van der Waals surface area (Å²) in [6.45, 7) is 2.96. The first-order valence-corrected chi connectivity index (χ1v) is 10.3. The Labute approximate surface area is 185 Å². The Hall–Kier alpha value is -3.66. The maximum Gasteiger partial charge on any atom is 0.316 e. The van der Waals surface area contributed by atoms with Crippen molar-refractivity contribution < 1.29 is 23.4 Å². The van der Waals surface area contributed by atoms with Gasteiger partial charge in [-0.25, -0.2) is 23.7 Å². The van der Waals surface area contributed by atoms with Crippen LogP contribution in [0.5, 0.6) is 6.01 Å². The molecular formula is C22H18F2N4O3S. The van der Waals surface area contributed by atoms with Crippen molar-refractivity contribution >= 4 is 38.3 Å². The van der Waals surface area contributed by atoms with Gasteiger partial charge < -0.3 is 15.2 Å². The van der Waals surface area contributed by atoms with E-state index in [4.69, 9.17) is 9.84 Å². The van der Waals surface area contributed by atoms with Crippen molar-refractivity contribution in [2.75, 3.05) is 11.9 Å². The molecule has 0 aliphatic heterocycles. The number of hydrogen-bond donors (Lipinski definition) is 2. The molecule has 0 atom stereocenters. The highest BCUT2D eigenvalue weighted by atomic mass is 32.1. The lowest BCUT2D eigenvalue weighted by Crippen LogP contribution is -2.31. The fourth-order valence-electron chi connectivity index (χ4n) is 2.74. The van der Waals surface area contributed by atoms with Crippen molar-refractivity contribution in [1.29, 1.82) is 0 Å². The number of ether oxygens (including phenoxy) is 1. The zero-order valence-electron chi connectivity index (χ0n) is 17.1. The molecule has 2 heterocycles. The second-order valence-electron chi connectivity index (χ2n) is 7.68. The average Bonchev–Trinajstić information content (AvgIpc) is 3.14. The van der Waals surface area contributed by atoms with Crippen molar-refractivity contribution in [3.05, 3.63) is 60.4 Å². The third kappa shape index (κ3) is 4.65. The van der Waals surface area contributed by atoms with Gasteiger partial charge in [0.2, 0.25) is 0 Å². The van der Waals surface area contributed by atoms with Crippen molar-refractivity contribution in [2.45, 2.75) is 13.8 Å². The Morgan fingerprint density at radius 1 is 1.16 bits per heavy atom. The molecule has 0 spiro atoms. The number of rotatable bonds is 7. The summed E-state index contributed by atoms with van der Waals surface area (Å²) < 4.78 is 34.1. The number of aliphatic carboxylic acids is 1. The highest BCUT2D eigenvalue weighted by Gasteiger charge is 2.28. The molecule has 32 heavy (non-hydrogen) atoms. The van der Waals surface area contributed by atoms with E-state index < -0.39 is 17.2 Å². The van der Waals surface area contributed by atoms with Gasteiger partial charge in [0.1, 0.15) is 18.2 Å². The lowest BCUT2D eigenvalue weighted by atomic mass is 9.95. The number of halogens is 2. The summed E-state index contributed by atoms with van der Waals surface area (Å²) >= 11 is 1.27. The van der Waals surface area contributed by atoms with Crippen molar-refractivity contribution in [3.63, 3.8) is 0 Å². The monoisotopic (exact) mass is 456 g/mol. The molecule has 2 aromatic heterocycles. The minimum atomic E-state index is -1.09. The van der Waals surface area contributed by atoms with Crippen LogP contribution in [0.15, 0.2) is 48.8 Å². The fourth-order valence-corrected chi connectivity index (χ4v) is 3.65. The van der Waals surface area contributed by atoms with Crippen LogP contribution in [-0.2, 0) is 4.79 Å². The van der Waals surface area contributed by atoms with E-state index in [9.17, 15) is 13.6 Å². The third-order valence-electron chi connectivity index (χ3n) is 4.65. The Balaban J connectivity index is 1.47. The first-order valence-electron chi connectivity index (χ1n) is 9.52. The molecule has 4 rings (SSSR count). The molecule has 0 saturated carbocycles. The van der Waals surface area contributed by atoms with Crippen LogP contribution in [-0.4, -0.2) is 32.6 Å². The second-order valence-corrected chi connectivity index (χ2v) is 8.71. The lowest BCUT2D eigenvalue weighted by Gasteiger charge is -2.18. The van der Waals surface area contributed by atoms with Crippen LogP contribution in [0.3, 0.4) is 0 Å². The maximum atomic E-state index is 14.7. The van der Waals surface area contributed by atoms with Gasteiger partial charge in [-0.1, -0.05) is 11.3 Å². The van der Waals surface area contributed by atoms with Gasteiger partial charge in [-0.3, -0.25) is 4.79 Å². The Kier molecular flexibility index (Phi) is 5.70.